The quantitative estimate of drug-likeness (QED) is 0.458. The largest absolute Gasteiger partial charge is 0.494 e. The van der Waals surface area contributed by atoms with Crippen LogP contribution in [0.1, 0.15) is 30.5 Å². The van der Waals surface area contributed by atoms with Crippen molar-refractivity contribution in [2.45, 2.75) is 32.2 Å². The van der Waals surface area contributed by atoms with Crippen molar-refractivity contribution in [2.24, 2.45) is 11.3 Å². The lowest BCUT2D eigenvalue weighted by atomic mass is 9.75. The Bertz CT molecular complexity index is 1250. The van der Waals surface area contributed by atoms with E-state index in [0.717, 1.165) is 30.8 Å². The van der Waals surface area contributed by atoms with Gasteiger partial charge in [0, 0.05) is 50.7 Å². The summed E-state index contributed by atoms with van der Waals surface area (Å²) in [5.41, 5.74) is 0.646. The minimum Gasteiger partial charge on any atom is -0.494 e. The smallest absolute Gasteiger partial charge is 0.250 e. The van der Waals surface area contributed by atoms with Crippen LogP contribution in [0.3, 0.4) is 0 Å². The molecular weight excluding hydrogens is 476 g/mol. The third-order valence-corrected chi connectivity index (χ3v) is 8.54. The zero-order valence-corrected chi connectivity index (χ0v) is 21.8. The number of fused-ring (bicyclic) bond motifs is 4. The number of ether oxygens (including phenoxy) is 1. The minimum atomic E-state index is -1.30. The summed E-state index contributed by atoms with van der Waals surface area (Å²) in [6.45, 7) is 5.05. The Labute approximate surface area is 216 Å². The zero-order chi connectivity index (χ0) is 25.6. The molecular formula is C27H33N4O4S+. The molecule has 2 bridgehead atoms. The van der Waals surface area contributed by atoms with E-state index < -0.39 is 5.41 Å². The number of carbonyl (C=O) groups is 2. The Kier molecular flexibility index (Phi) is 6.46. The Morgan fingerprint density at radius 2 is 1.75 bits per heavy atom. The highest BCUT2D eigenvalue weighted by Gasteiger charge is 2.57. The van der Waals surface area contributed by atoms with E-state index in [1.807, 2.05) is 47.9 Å². The molecule has 2 fully saturated rings. The molecule has 0 spiro atoms. The van der Waals surface area contributed by atoms with Crippen LogP contribution in [0.15, 0.2) is 47.3 Å². The Morgan fingerprint density at radius 3 is 2.47 bits per heavy atom. The number of hydrogen-bond acceptors (Lipinski definition) is 5. The Balaban J connectivity index is 1.52. The number of nitrogens with one attached hydrogen (secondary N) is 1. The molecule has 36 heavy (non-hydrogen) atoms. The predicted molar refractivity (Wildman–Crippen MR) is 139 cm³/mol. The van der Waals surface area contributed by atoms with Crippen molar-refractivity contribution >= 4 is 29.1 Å². The van der Waals surface area contributed by atoms with Crippen molar-refractivity contribution in [3.05, 3.63) is 64.1 Å². The third kappa shape index (κ3) is 4.04. The number of nitrogens with zero attached hydrogens (tertiary/aromatic N) is 3. The van der Waals surface area contributed by atoms with E-state index in [0.29, 0.717) is 31.4 Å². The van der Waals surface area contributed by atoms with Gasteiger partial charge in [-0.1, -0.05) is 24.3 Å². The molecule has 0 radical (unpaired) electrons. The summed E-state index contributed by atoms with van der Waals surface area (Å²) in [6.07, 6.45) is 1.27. The van der Waals surface area contributed by atoms with Gasteiger partial charge in [0.1, 0.15) is 12.3 Å². The Hall–Kier alpha value is -3.04. The summed E-state index contributed by atoms with van der Waals surface area (Å²) in [5, 5.41) is 0.220. The first-order chi connectivity index (χ1) is 17.2. The summed E-state index contributed by atoms with van der Waals surface area (Å²) in [6, 6.07) is 13.1. The molecule has 1 aromatic heterocycles. The molecule has 1 N–H and O–H groups in total. The third-order valence-electron chi connectivity index (χ3n) is 7.99. The monoisotopic (exact) mass is 509 g/mol. The lowest BCUT2D eigenvalue weighted by Gasteiger charge is -2.47. The average molecular weight is 510 g/mol. The molecule has 3 atom stereocenters. The number of likely N-dealkylation sites (tertiary alicyclic amines) is 1. The second kappa shape index (κ2) is 9.44. The van der Waals surface area contributed by atoms with Crippen molar-refractivity contribution in [1.29, 1.82) is 0 Å². The van der Waals surface area contributed by atoms with Crippen LogP contribution >= 0.6 is 12.2 Å². The van der Waals surface area contributed by atoms with E-state index in [2.05, 4.69) is 0 Å². The van der Waals surface area contributed by atoms with Crippen molar-refractivity contribution in [3.8, 4) is 5.75 Å². The maximum atomic E-state index is 13.9. The predicted octanol–water partition coefficient (Wildman–Crippen LogP) is 0.693. The van der Waals surface area contributed by atoms with E-state index in [1.54, 1.807) is 20.2 Å². The number of amides is 2. The molecule has 2 saturated heterocycles. The maximum absolute atomic E-state index is 13.9. The van der Waals surface area contributed by atoms with Crippen LogP contribution in [0.4, 0.5) is 0 Å². The van der Waals surface area contributed by atoms with Crippen LogP contribution in [0, 0.1) is 11.3 Å². The highest BCUT2D eigenvalue weighted by Crippen LogP contribution is 2.36. The number of piperidine rings is 1. The fourth-order valence-electron chi connectivity index (χ4n) is 6.46. The lowest BCUT2D eigenvalue weighted by Crippen LogP contribution is -3.16. The molecule has 190 valence electrons. The van der Waals surface area contributed by atoms with E-state index in [1.165, 1.54) is 14.7 Å². The SMILES string of the molecule is CCOc1ccccc1CC1(C[NH+]2C[C@H]3C[C@H](C2)c2cccc(=O)n2C3)C(=O)N(C)C(=S)N(C)C1=O. The van der Waals surface area contributed by atoms with Gasteiger partial charge in [-0.15, -0.1) is 0 Å². The summed E-state index contributed by atoms with van der Waals surface area (Å²) in [7, 11) is 3.31. The van der Waals surface area contributed by atoms with E-state index >= 15 is 0 Å². The molecule has 1 aromatic carbocycles. The number of thiocarbonyl (C=S) groups is 1. The maximum Gasteiger partial charge on any atom is 0.250 e. The van der Waals surface area contributed by atoms with Gasteiger partial charge < -0.3 is 14.2 Å². The van der Waals surface area contributed by atoms with Crippen LogP contribution in [-0.2, 0) is 22.6 Å². The van der Waals surface area contributed by atoms with Crippen LogP contribution in [0.25, 0.3) is 0 Å². The van der Waals surface area contributed by atoms with Gasteiger partial charge in [-0.3, -0.25) is 24.2 Å². The van der Waals surface area contributed by atoms with Crippen molar-refractivity contribution < 1.29 is 19.2 Å². The number of benzene rings is 1. The second-order valence-electron chi connectivity index (χ2n) is 10.3. The lowest BCUT2D eigenvalue weighted by molar-refractivity contribution is -0.915. The van der Waals surface area contributed by atoms with Gasteiger partial charge in [-0.2, -0.15) is 0 Å². The van der Waals surface area contributed by atoms with Crippen LogP contribution in [-0.4, -0.2) is 71.6 Å². The molecule has 0 saturated carbocycles. The number of para-hydroxylation sites is 1. The van der Waals surface area contributed by atoms with Gasteiger partial charge in [-0.05, 0) is 43.3 Å². The fraction of sp³-hybridized carbons (Fsp3) is 0.481. The second-order valence-corrected chi connectivity index (χ2v) is 10.7. The standard InChI is InChI=1S/C27H32N4O4S/c1-4-35-22-10-6-5-8-19(22)13-27(24(33)28(2)26(36)29(3)25(27)34)17-30-14-18-12-20(16-30)21-9-7-11-23(32)31(21)15-18/h5-11,18,20H,4,12-17H2,1-3H3/p+1/t18-,20-/m1/s1. The molecule has 4 heterocycles. The number of rotatable bonds is 6. The number of aromatic nitrogens is 1. The fourth-order valence-corrected chi connectivity index (χ4v) is 6.63. The highest BCUT2D eigenvalue weighted by molar-refractivity contribution is 7.80. The number of hydrogen-bond donors (Lipinski definition) is 1. The average Bonchev–Trinajstić information content (AvgIpc) is 2.87. The van der Waals surface area contributed by atoms with E-state index in [-0.39, 0.29) is 34.8 Å². The van der Waals surface area contributed by atoms with Crippen LogP contribution in [0.5, 0.6) is 5.75 Å². The summed E-state index contributed by atoms with van der Waals surface area (Å²) < 4.78 is 7.76. The minimum absolute atomic E-state index is 0.0454. The van der Waals surface area contributed by atoms with Gasteiger partial charge in [0.25, 0.3) is 5.56 Å². The van der Waals surface area contributed by atoms with E-state index in [4.69, 9.17) is 17.0 Å². The highest BCUT2D eigenvalue weighted by atomic mass is 32.1. The van der Waals surface area contributed by atoms with Crippen LogP contribution < -0.4 is 15.2 Å². The molecule has 0 aliphatic carbocycles. The van der Waals surface area contributed by atoms with Gasteiger partial charge in [0.05, 0.1) is 19.7 Å². The summed E-state index contributed by atoms with van der Waals surface area (Å²) in [5.74, 6) is 0.713. The first kappa shape index (κ1) is 24.6. The van der Waals surface area contributed by atoms with E-state index in [9.17, 15) is 14.4 Å². The number of pyridine rings is 1. The normalized spacial score (nSPS) is 25.1. The first-order valence-electron chi connectivity index (χ1n) is 12.6. The number of quaternary nitrogens is 1. The van der Waals surface area contributed by atoms with Gasteiger partial charge >= 0.3 is 0 Å². The molecule has 1 unspecified atom stereocenters. The summed E-state index contributed by atoms with van der Waals surface area (Å²) in [4.78, 5) is 44.4. The van der Waals surface area contributed by atoms with Gasteiger partial charge in [0.2, 0.25) is 11.8 Å². The molecule has 3 aliphatic heterocycles. The molecule has 2 aromatic rings. The molecule has 9 heteroatoms. The molecule has 3 aliphatic rings. The van der Waals surface area contributed by atoms with Crippen molar-refractivity contribution in [1.82, 2.24) is 14.4 Å². The van der Waals surface area contributed by atoms with Crippen molar-refractivity contribution in [2.75, 3.05) is 40.3 Å². The molecule has 8 nitrogen and oxygen atoms in total. The first-order valence-corrected chi connectivity index (χ1v) is 13.0. The molecule has 5 rings (SSSR count). The van der Waals surface area contributed by atoms with Gasteiger partial charge in [-0.25, -0.2) is 0 Å². The Morgan fingerprint density at radius 1 is 1.03 bits per heavy atom. The zero-order valence-electron chi connectivity index (χ0n) is 21.0. The molecule has 2 amide bonds. The summed E-state index contributed by atoms with van der Waals surface area (Å²) >= 11 is 5.41. The van der Waals surface area contributed by atoms with Crippen molar-refractivity contribution in [3.63, 3.8) is 0 Å². The van der Waals surface area contributed by atoms with Gasteiger partial charge in [0.15, 0.2) is 10.5 Å². The van der Waals surface area contributed by atoms with Crippen LogP contribution in [0.2, 0.25) is 0 Å². The number of carbonyl (C=O) groups excluding carboxylic acids is 2. The topological polar surface area (TPSA) is 76.3 Å².